The summed E-state index contributed by atoms with van der Waals surface area (Å²) >= 11 is 0. The minimum absolute atomic E-state index is 0.0713. The topological polar surface area (TPSA) is 81.6 Å². The zero-order chi connectivity index (χ0) is 15.4. The molecular formula is C15H17N5O2. The molecule has 114 valence electrons. The zero-order valence-corrected chi connectivity index (χ0v) is 12.0. The fourth-order valence-electron chi connectivity index (χ4n) is 2.33. The lowest BCUT2D eigenvalue weighted by Gasteiger charge is -2.35. The number of aromatic nitrogens is 2. The van der Waals surface area contributed by atoms with E-state index in [4.69, 9.17) is 0 Å². The van der Waals surface area contributed by atoms with Crippen LogP contribution in [0.1, 0.15) is 0 Å². The molecule has 1 aliphatic rings. The van der Waals surface area contributed by atoms with Gasteiger partial charge in [-0.3, -0.25) is 5.32 Å². The molecule has 0 saturated carbocycles. The molecule has 7 nitrogen and oxygen atoms in total. The summed E-state index contributed by atoms with van der Waals surface area (Å²) in [7, 11) is 0. The van der Waals surface area contributed by atoms with Crippen molar-refractivity contribution in [3.8, 4) is 5.75 Å². The third-order valence-corrected chi connectivity index (χ3v) is 3.52. The molecule has 0 aromatic carbocycles. The van der Waals surface area contributed by atoms with E-state index in [0.717, 1.165) is 18.9 Å². The third-order valence-electron chi connectivity index (χ3n) is 3.52. The Morgan fingerprint density at radius 2 is 1.91 bits per heavy atom. The number of amides is 2. The van der Waals surface area contributed by atoms with E-state index < -0.39 is 0 Å². The molecule has 0 atom stereocenters. The average Bonchev–Trinajstić information content (AvgIpc) is 2.58. The van der Waals surface area contributed by atoms with Gasteiger partial charge in [0.05, 0.1) is 6.20 Å². The van der Waals surface area contributed by atoms with Crippen molar-refractivity contribution in [2.75, 3.05) is 36.4 Å². The number of nitrogens with one attached hydrogen (secondary N) is 1. The summed E-state index contributed by atoms with van der Waals surface area (Å²) < 4.78 is 0. The summed E-state index contributed by atoms with van der Waals surface area (Å²) in [5.74, 6) is 1.43. The van der Waals surface area contributed by atoms with Crippen molar-refractivity contribution < 1.29 is 9.90 Å². The zero-order valence-electron chi connectivity index (χ0n) is 12.0. The van der Waals surface area contributed by atoms with Crippen LogP contribution in [0.3, 0.4) is 0 Å². The van der Waals surface area contributed by atoms with Crippen molar-refractivity contribution in [3.05, 3.63) is 42.7 Å². The molecule has 0 bridgehead atoms. The van der Waals surface area contributed by atoms with E-state index in [9.17, 15) is 9.90 Å². The van der Waals surface area contributed by atoms with E-state index in [1.807, 2.05) is 18.2 Å². The quantitative estimate of drug-likeness (QED) is 0.879. The molecule has 22 heavy (non-hydrogen) atoms. The van der Waals surface area contributed by atoms with Gasteiger partial charge in [0.25, 0.3) is 0 Å². The number of rotatable bonds is 2. The fourth-order valence-corrected chi connectivity index (χ4v) is 2.33. The van der Waals surface area contributed by atoms with Crippen molar-refractivity contribution in [2.24, 2.45) is 0 Å². The highest BCUT2D eigenvalue weighted by Crippen LogP contribution is 2.14. The van der Waals surface area contributed by atoms with E-state index in [2.05, 4.69) is 20.2 Å². The lowest BCUT2D eigenvalue weighted by molar-refractivity contribution is 0.208. The molecular weight excluding hydrogens is 282 g/mol. The van der Waals surface area contributed by atoms with Gasteiger partial charge in [-0.2, -0.15) is 0 Å². The second-order valence-corrected chi connectivity index (χ2v) is 4.99. The summed E-state index contributed by atoms with van der Waals surface area (Å²) in [6.45, 7) is 2.74. The molecule has 7 heteroatoms. The predicted octanol–water partition coefficient (Wildman–Crippen LogP) is 1.54. The number of aromatic hydroxyl groups is 1. The molecule has 0 radical (unpaired) electrons. The number of nitrogens with zero attached hydrogens (tertiary/aromatic N) is 4. The second-order valence-electron chi connectivity index (χ2n) is 4.99. The van der Waals surface area contributed by atoms with Gasteiger partial charge in [-0.25, -0.2) is 14.8 Å². The maximum Gasteiger partial charge on any atom is 0.323 e. The molecule has 1 saturated heterocycles. The van der Waals surface area contributed by atoms with Crippen LogP contribution in [-0.4, -0.2) is 52.2 Å². The first-order chi connectivity index (χ1) is 10.7. The first kappa shape index (κ1) is 14.1. The van der Waals surface area contributed by atoms with Gasteiger partial charge in [-0.15, -0.1) is 0 Å². The Bertz CT molecular complexity index is 624. The second kappa shape index (κ2) is 6.30. The molecule has 1 aliphatic heterocycles. The Morgan fingerprint density at radius 1 is 1.09 bits per heavy atom. The van der Waals surface area contributed by atoms with E-state index in [0.29, 0.717) is 18.9 Å². The lowest BCUT2D eigenvalue weighted by atomic mass is 10.3. The van der Waals surface area contributed by atoms with Crippen LogP contribution in [0.15, 0.2) is 42.7 Å². The van der Waals surface area contributed by atoms with Crippen molar-refractivity contribution in [1.29, 1.82) is 0 Å². The number of carbonyl (C=O) groups excluding carboxylic acids is 1. The number of anilines is 2. The van der Waals surface area contributed by atoms with Gasteiger partial charge in [-0.1, -0.05) is 6.07 Å². The first-order valence-corrected chi connectivity index (χ1v) is 7.09. The Kier molecular flexibility index (Phi) is 4.04. The van der Waals surface area contributed by atoms with Crippen LogP contribution in [0, 0.1) is 0 Å². The molecule has 3 heterocycles. The number of hydrogen-bond donors (Lipinski definition) is 2. The number of urea groups is 1. The van der Waals surface area contributed by atoms with Gasteiger partial charge in [0, 0.05) is 32.4 Å². The highest BCUT2D eigenvalue weighted by molar-refractivity contribution is 5.88. The Hall–Kier alpha value is -2.83. The largest absolute Gasteiger partial charge is 0.506 e. The molecule has 1 fully saturated rings. The normalized spacial score (nSPS) is 14.7. The fraction of sp³-hybridized carbons (Fsp3) is 0.267. The molecule has 2 aromatic rings. The summed E-state index contributed by atoms with van der Waals surface area (Å²) in [5, 5.41) is 11.9. The first-order valence-electron chi connectivity index (χ1n) is 7.09. The SMILES string of the molecule is O=C(Nc1ccc(O)cn1)N1CCN(c2ccccn2)CC1. The minimum Gasteiger partial charge on any atom is -0.506 e. The Balaban J connectivity index is 1.54. The van der Waals surface area contributed by atoms with Gasteiger partial charge in [0.15, 0.2) is 0 Å². The Morgan fingerprint density at radius 3 is 2.55 bits per heavy atom. The molecule has 2 N–H and O–H groups in total. The van der Waals surface area contributed by atoms with Crippen LogP contribution < -0.4 is 10.2 Å². The van der Waals surface area contributed by atoms with Crippen LogP contribution in [0.4, 0.5) is 16.4 Å². The van der Waals surface area contributed by atoms with Gasteiger partial charge in [0.1, 0.15) is 17.4 Å². The van der Waals surface area contributed by atoms with E-state index >= 15 is 0 Å². The third kappa shape index (κ3) is 3.25. The molecule has 2 amide bonds. The molecule has 2 aromatic heterocycles. The number of hydrogen-bond acceptors (Lipinski definition) is 5. The van der Waals surface area contributed by atoms with Gasteiger partial charge < -0.3 is 14.9 Å². The standard InChI is InChI=1S/C15H17N5O2/c21-12-4-5-13(17-11-12)18-15(22)20-9-7-19(8-10-20)14-3-1-2-6-16-14/h1-6,11,21H,7-10H2,(H,17,18,22). The lowest BCUT2D eigenvalue weighted by Crippen LogP contribution is -2.50. The van der Waals surface area contributed by atoms with Gasteiger partial charge >= 0.3 is 6.03 Å². The van der Waals surface area contributed by atoms with E-state index in [1.54, 1.807) is 17.2 Å². The summed E-state index contributed by atoms with van der Waals surface area (Å²) in [4.78, 5) is 24.3. The number of carbonyl (C=O) groups is 1. The van der Waals surface area contributed by atoms with Crippen LogP contribution in [0.25, 0.3) is 0 Å². The smallest absolute Gasteiger partial charge is 0.323 e. The summed E-state index contributed by atoms with van der Waals surface area (Å²) in [5.41, 5.74) is 0. The maximum absolute atomic E-state index is 12.2. The van der Waals surface area contributed by atoms with Gasteiger partial charge in [-0.05, 0) is 24.3 Å². The molecule has 0 aliphatic carbocycles. The van der Waals surface area contributed by atoms with Crippen LogP contribution >= 0.6 is 0 Å². The van der Waals surface area contributed by atoms with Crippen LogP contribution in [-0.2, 0) is 0 Å². The van der Waals surface area contributed by atoms with Crippen molar-refractivity contribution in [2.45, 2.75) is 0 Å². The Labute approximate surface area is 128 Å². The average molecular weight is 299 g/mol. The number of pyridine rings is 2. The van der Waals surface area contributed by atoms with Gasteiger partial charge in [0.2, 0.25) is 0 Å². The van der Waals surface area contributed by atoms with Crippen molar-refractivity contribution in [3.63, 3.8) is 0 Å². The molecule has 3 rings (SSSR count). The summed E-state index contributed by atoms with van der Waals surface area (Å²) in [6, 6.07) is 8.68. The highest BCUT2D eigenvalue weighted by atomic mass is 16.3. The summed E-state index contributed by atoms with van der Waals surface area (Å²) in [6.07, 6.45) is 3.07. The van der Waals surface area contributed by atoms with Crippen LogP contribution in [0.5, 0.6) is 5.75 Å². The van der Waals surface area contributed by atoms with E-state index in [-0.39, 0.29) is 11.8 Å². The molecule has 0 spiro atoms. The number of piperazine rings is 1. The van der Waals surface area contributed by atoms with Crippen molar-refractivity contribution >= 4 is 17.7 Å². The minimum atomic E-state index is -0.182. The molecule has 0 unspecified atom stereocenters. The predicted molar refractivity (Wildman–Crippen MR) is 82.9 cm³/mol. The maximum atomic E-state index is 12.2. The van der Waals surface area contributed by atoms with Crippen LogP contribution in [0.2, 0.25) is 0 Å². The van der Waals surface area contributed by atoms with Crippen molar-refractivity contribution in [1.82, 2.24) is 14.9 Å². The van der Waals surface area contributed by atoms with E-state index in [1.165, 1.54) is 12.3 Å². The highest BCUT2D eigenvalue weighted by Gasteiger charge is 2.21. The monoisotopic (exact) mass is 299 g/mol.